The molecular formula is C17H18FNO2. The van der Waals surface area contributed by atoms with E-state index in [9.17, 15) is 9.18 Å². The lowest BCUT2D eigenvalue weighted by molar-refractivity contribution is -0.120. The highest BCUT2D eigenvalue weighted by molar-refractivity contribution is 5.93. The van der Waals surface area contributed by atoms with Gasteiger partial charge >= 0.3 is 0 Å². The third-order valence-corrected chi connectivity index (χ3v) is 4.31. The molecule has 110 valence electrons. The zero-order valence-electron chi connectivity index (χ0n) is 11.7. The highest BCUT2D eigenvalue weighted by Gasteiger charge is 2.47. The molecule has 0 saturated heterocycles. The second kappa shape index (κ2) is 5.87. The number of hydrogen-bond acceptors (Lipinski definition) is 2. The zero-order chi connectivity index (χ0) is 14.8. The summed E-state index contributed by atoms with van der Waals surface area (Å²) in [4.78, 5) is 12.2. The molecule has 21 heavy (non-hydrogen) atoms. The van der Waals surface area contributed by atoms with Crippen LogP contribution < -0.4 is 5.32 Å². The molecule has 0 heterocycles. The van der Waals surface area contributed by atoms with Gasteiger partial charge < -0.3 is 10.4 Å². The topological polar surface area (TPSA) is 49.3 Å². The fourth-order valence-corrected chi connectivity index (χ4v) is 3.09. The van der Waals surface area contributed by atoms with Crippen LogP contribution in [-0.2, 0) is 4.79 Å². The maximum atomic E-state index is 13.6. The van der Waals surface area contributed by atoms with E-state index in [0.717, 1.165) is 24.7 Å². The normalized spacial score (nSPS) is 25.7. The summed E-state index contributed by atoms with van der Waals surface area (Å²) in [6.45, 7) is -0.0466. The largest absolute Gasteiger partial charge is 0.395 e. The van der Waals surface area contributed by atoms with Crippen molar-refractivity contribution < 1.29 is 14.3 Å². The molecule has 1 aromatic carbocycles. The fraction of sp³-hybridized carbons (Fsp3) is 0.471. The molecular weight excluding hydrogens is 269 g/mol. The fourth-order valence-electron chi connectivity index (χ4n) is 3.09. The van der Waals surface area contributed by atoms with E-state index in [4.69, 9.17) is 5.11 Å². The number of hydrogen-bond donors (Lipinski definition) is 2. The molecule has 2 atom stereocenters. The van der Waals surface area contributed by atoms with Crippen molar-refractivity contribution in [2.45, 2.75) is 25.7 Å². The maximum Gasteiger partial charge on any atom is 0.227 e. The summed E-state index contributed by atoms with van der Waals surface area (Å²) in [6.07, 6.45) is 3.56. The highest BCUT2D eigenvalue weighted by atomic mass is 19.1. The third kappa shape index (κ3) is 3.25. The Bertz CT molecular complexity index is 607. The average Bonchev–Trinajstić information content (AvgIpc) is 3.08. The summed E-state index contributed by atoms with van der Waals surface area (Å²) in [6, 6.07) is 4.41. The molecule has 2 fully saturated rings. The summed E-state index contributed by atoms with van der Waals surface area (Å²) in [5, 5.41) is 11.5. The second-order valence-corrected chi connectivity index (χ2v) is 5.88. The van der Waals surface area contributed by atoms with Crippen LogP contribution in [0.25, 0.3) is 0 Å². The minimum absolute atomic E-state index is 0.0306. The van der Waals surface area contributed by atoms with Crippen molar-refractivity contribution in [2.75, 3.05) is 11.9 Å². The predicted molar refractivity (Wildman–Crippen MR) is 77.9 cm³/mol. The lowest BCUT2D eigenvalue weighted by atomic mass is 10.0. The van der Waals surface area contributed by atoms with Gasteiger partial charge in [-0.3, -0.25) is 4.79 Å². The first-order chi connectivity index (χ1) is 10.2. The molecule has 3 nitrogen and oxygen atoms in total. The number of halogens is 1. The third-order valence-electron chi connectivity index (χ3n) is 4.31. The number of amides is 1. The van der Waals surface area contributed by atoms with E-state index >= 15 is 0 Å². The highest BCUT2D eigenvalue weighted by Crippen LogP contribution is 2.54. The number of aliphatic hydroxyl groups excluding tert-OH is 1. The van der Waals surface area contributed by atoms with Crippen molar-refractivity contribution in [3.8, 4) is 11.8 Å². The van der Waals surface area contributed by atoms with Crippen LogP contribution in [0.4, 0.5) is 10.1 Å². The van der Waals surface area contributed by atoms with Gasteiger partial charge in [0, 0.05) is 18.0 Å². The molecule has 4 heteroatoms. The van der Waals surface area contributed by atoms with Crippen LogP contribution in [-0.4, -0.2) is 17.6 Å². The molecule has 3 rings (SSSR count). The van der Waals surface area contributed by atoms with E-state index in [1.54, 1.807) is 12.1 Å². The van der Waals surface area contributed by atoms with Crippen LogP contribution in [0, 0.1) is 35.4 Å². The summed E-state index contributed by atoms with van der Waals surface area (Å²) >= 11 is 0. The lowest BCUT2D eigenvalue weighted by Crippen LogP contribution is -2.21. The Balaban J connectivity index is 1.66. The lowest BCUT2D eigenvalue weighted by Gasteiger charge is -2.12. The Kier molecular flexibility index (Phi) is 3.94. The Morgan fingerprint density at radius 1 is 1.33 bits per heavy atom. The van der Waals surface area contributed by atoms with Crippen LogP contribution >= 0.6 is 0 Å². The van der Waals surface area contributed by atoms with E-state index in [0.29, 0.717) is 12.1 Å². The zero-order valence-corrected chi connectivity index (χ0v) is 11.7. The minimum atomic E-state index is -0.416. The molecule has 0 radical (unpaired) electrons. The molecule has 2 aliphatic carbocycles. The van der Waals surface area contributed by atoms with Crippen molar-refractivity contribution in [1.29, 1.82) is 0 Å². The number of rotatable bonds is 3. The molecule has 2 aliphatic rings. The number of nitrogens with one attached hydrogen (secondary N) is 1. The van der Waals surface area contributed by atoms with E-state index in [-0.39, 0.29) is 24.0 Å². The van der Waals surface area contributed by atoms with Gasteiger partial charge in [0.05, 0.1) is 12.2 Å². The number of benzene rings is 1. The van der Waals surface area contributed by atoms with Crippen LogP contribution in [0.3, 0.4) is 0 Å². The molecule has 2 saturated carbocycles. The predicted octanol–water partition coefficient (Wildman–Crippen LogP) is 2.54. The Labute approximate surface area is 123 Å². The van der Waals surface area contributed by atoms with Gasteiger partial charge in [0.1, 0.15) is 5.82 Å². The van der Waals surface area contributed by atoms with E-state index in [1.807, 2.05) is 0 Å². The summed E-state index contributed by atoms with van der Waals surface area (Å²) in [5.74, 6) is 6.59. The maximum absolute atomic E-state index is 13.6. The average molecular weight is 287 g/mol. The van der Waals surface area contributed by atoms with Crippen LogP contribution in [0.5, 0.6) is 0 Å². The van der Waals surface area contributed by atoms with Gasteiger partial charge in [-0.2, -0.15) is 0 Å². The van der Waals surface area contributed by atoms with Gasteiger partial charge in [-0.1, -0.05) is 11.8 Å². The number of anilines is 1. The SMILES string of the molecule is O=C(Nc1ccc(F)c(C#CCCO)c1)C1CC2CC2C1. The second-order valence-electron chi connectivity index (χ2n) is 5.88. The quantitative estimate of drug-likeness (QED) is 0.839. The van der Waals surface area contributed by atoms with Gasteiger partial charge in [0.2, 0.25) is 5.91 Å². The van der Waals surface area contributed by atoms with Crippen LogP contribution in [0.1, 0.15) is 31.2 Å². The molecule has 0 spiro atoms. The molecule has 2 N–H and O–H groups in total. The van der Waals surface area contributed by atoms with Gasteiger partial charge in [0.15, 0.2) is 0 Å². The first-order valence-electron chi connectivity index (χ1n) is 7.37. The molecule has 1 amide bonds. The Morgan fingerprint density at radius 3 is 2.81 bits per heavy atom. The van der Waals surface area contributed by atoms with E-state index in [2.05, 4.69) is 17.2 Å². The van der Waals surface area contributed by atoms with Crippen LogP contribution in [0.2, 0.25) is 0 Å². The number of fused-ring (bicyclic) bond motifs is 1. The smallest absolute Gasteiger partial charge is 0.227 e. The van der Waals surface area contributed by atoms with E-state index < -0.39 is 5.82 Å². The summed E-state index contributed by atoms with van der Waals surface area (Å²) < 4.78 is 13.6. The van der Waals surface area contributed by atoms with Gasteiger partial charge in [-0.15, -0.1) is 0 Å². The first-order valence-corrected chi connectivity index (χ1v) is 7.37. The number of aliphatic hydroxyl groups is 1. The van der Waals surface area contributed by atoms with Crippen molar-refractivity contribution in [3.63, 3.8) is 0 Å². The molecule has 2 unspecified atom stereocenters. The molecule has 0 aliphatic heterocycles. The minimum Gasteiger partial charge on any atom is -0.395 e. The van der Waals surface area contributed by atoms with Crippen LogP contribution in [0.15, 0.2) is 18.2 Å². The first kappa shape index (κ1) is 14.1. The molecule has 0 aromatic heterocycles. The van der Waals surface area contributed by atoms with Gasteiger partial charge in [-0.25, -0.2) is 4.39 Å². The van der Waals surface area contributed by atoms with Crippen molar-refractivity contribution in [2.24, 2.45) is 17.8 Å². The number of carbonyl (C=O) groups excluding carboxylic acids is 1. The van der Waals surface area contributed by atoms with Gasteiger partial charge in [0.25, 0.3) is 0 Å². The van der Waals surface area contributed by atoms with Crippen molar-refractivity contribution in [1.82, 2.24) is 0 Å². The van der Waals surface area contributed by atoms with Crippen molar-refractivity contribution in [3.05, 3.63) is 29.6 Å². The Morgan fingerprint density at radius 2 is 2.10 bits per heavy atom. The van der Waals surface area contributed by atoms with Gasteiger partial charge in [-0.05, 0) is 49.3 Å². The van der Waals surface area contributed by atoms with E-state index in [1.165, 1.54) is 12.5 Å². The standard InChI is InChI=1S/C17H18FNO2/c18-16-5-4-15(10-11(16)3-1-2-6-20)19-17(21)14-8-12-7-13(12)9-14/h4-5,10,12-14,20H,2,6-9H2,(H,19,21). The summed E-state index contributed by atoms with van der Waals surface area (Å²) in [7, 11) is 0. The number of carbonyl (C=O) groups is 1. The summed E-state index contributed by atoms with van der Waals surface area (Å²) in [5.41, 5.74) is 0.825. The molecule has 1 aromatic rings. The monoisotopic (exact) mass is 287 g/mol. The van der Waals surface area contributed by atoms with Crippen molar-refractivity contribution >= 4 is 11.6 Å². The molecule has 0 bridgehead atoms. The Hall–Kier alpha value is -1.86.